The average Bonchev–Trinajstić information content (AvgIpc) is 2.61. The van der Waals surface area contributed by atoms with Gasteiger partial charge in [0.1, 0.15) is 6.61 Å². The molecule has 72 valence electrons. The number of esters is 1. The zero-order valence-corrected chi connectivity index (χ0v) is 7.51. The summed E-state index contributed by atoms with van der Waals surface area (Å²) in [5.74, 6) is -0.560. The Morgan fingerprint density at radius 3 is 2.71 bits per heavy atom. The Balaban J connectivity index is 2.33. The number of benzene rings is 1. The van der Waals surface area contributed by atoms with Crippen molar-refractivity contribution in [2.75, 3.05) is 6.61 Å². The van der Waals surface area contributed by atoms with Crippen molar-refractivity contribution in [1.29, 1.82) is 0 Å². The van der Waals surface area contributed by atoms with Crippen molar-refractivity contribution in [3.05, 3.63) is 47.7 Å². The number of aliphatic hydroxyl groups is 1. The number of aliphatic hydroxyl groups excluding tert-OH is 1. The molecule has 1 aliphatic heterocycles. The van der Waals surface area contributed by atoms with Gasteiger partial charge in [-0.15, -0.1) is 0 Å². The highest BCUT2D eigenvalue weighted by Crippen LogP contribution is 2.30. The van der Waals surface area contributed by atoms with E-state index in [1.54, 1.807) is 0 Å². The van der Waals surface area contributed by atoms with Crippen LogP contribution < -0.4 is 0 Å². The maximum absolute atomic E-state index is 11.1. The Morgan fingerprint density at radius 2 is 2.07 bits per heavy atom. The first-order chi connectivity index (χ1) is 6.83. The van der Waals surface area contributed by atoms with Gasteiger partial charge in [0.15, 0.2) is 0 Å². The molecule has 1 saturated heterocycles. The lowest BCUT2D eigenvalue weighted by Gasteiger charge is -2.06. The fourth-order valence-electron chi connectivity index (χ4n) is 1.58. The molecule has 0 amide bonds. The van der Waals surface area contributed by atoms with Crippen LogP contribution in [0.25, 0.3) is 0 Å². The van der Waals surface area contributed by atoms with Crippen LogP contribution in [0.5, 0.6) is 0 Å². The largest absolute Gasteiger partial charge is 0.515 e. The fraction of sp³-hybridized carbons (Fsp3) is 0.182. The predicted octanol–water partition coefficient (Wildman–Crippen LogP) is 1.77. The van der Waals surface area contributed by atoms with Crippen LogP contribution in [0.3, 0.4) is 0 Å². The summed E-state index contributed by atoms with van der Waals surface area (Å²) in [5, 5.41) is 8.91. The van der Waals surface area contributed by atoms with Gasteiger partial charge < -0.3 is 9.84 Å². The molecule has 1 aromatic carbocycles. The summed E-state index contributed by atoms with van der Waals surface area (Å²) in [4.78, 5) is 11.1. The number of cyclic esters (lactones) is 1. The van der Waals surface area contributed by atoms with Crippen LogP contribution in [0.4, 0.5) is 0 Å². The molecular weight excluding hydrogens is 180 g/mol. The van der Waals surface area contributed by atoms with Crippen molar-refractivity contribution in [3.63, 3.8) is 0 Å². The van der Waals surface area contributed by atoms with Crippen LogP contribution in [0, 0.1) is 0 Å². The first-order valence-electron chi connectivity index (χ1n) is 4.39. The summed E-state index contributed by atoms with van der Waals surface area (Å²) in [5.41, 5.74) is 1.31. The first kappa shape index (κ1) is 8.81. The SMILES string of the molecule is O=C1OC[C@@H](c2ccccc2)/C1=C\O. The highest BCUT2D eigenvalue weighted by molar-refractivity contribution is 5.92. The second-order valence-corrected chi connectivity index (χ2v) is 3.15. The van der Waals surface area contributed by atoms with Crippen molar-refractivity contribution in [3.8, 4) is 0 Å². The zero-order chi connectivity index (χ0) is 9.97. The molecule has 1 N–H and O–H groups in total. The van der Waals surface area contributed by atoms with E-state index in [1.807, 2.05) is 30.3 Å². The molecule has 0 aromatic heterocycles. The number of hydrogen-bond acceptors (Lipinski definition) is 3. The Kier molecular flexibility index (Phi) is 2.23. The third-order valence-electron chi connectivity index (χ3n) is 2.33. The molecule has 1 aliphatic rings. The second-order valence-electron chi connectivity index (χ2n) is 3.15. The third-order valence-corrected chi connectivity index (χ3v) is 2.33. The molecule has 0 saturated carbocycles. The van der Waals surface area contributed by atoms with E-state index >= 15 is 0 Å². The van der Waals surface area contributed by atoms with Crippen molar-refractivity contribution >= 4 is 5.97 Å². The molecule has 1 fully saturated rings. The molecule has 0 aliphatic carbocycles. The molecule has 0 spiro atoms. The van der Waals surface area contributed by atoms with Gasteiger partial charge in [-0.25, -0.2) is 4.79 Å². The molecule has 3 heteroatoms. The molecule has 14 heavy (non-hydrogen) atoms. The van der Waals surface area contributed by atoms with Crippen LogP contribution >= 0.6 is 0 Å². The highest BCUT2D eigenvalue weighted by atomic mass is 16.5. The summed E-state index contributed by atoms with van der Waals surface area (Å²) >= 11 is 0. The van der Waals surface area contributed by atoms with Crippen LogP contribution in [-0.4, -0.2) is 17.7 Å². The summed E-state index contributed by atoms with van der Waals surface area (Å²) in [6.07, 6.45) is 0.840. The third kappa shape index (κ3) is 1.37. The Hall–Kier alpha value is -1.77. The molecule has 3 nitrogen and oxygen atoms in total. The minimum Gasteiger partial charge on any atom is -0.515 e. The molecule has 2 rings (SSSR count). The van der Waals surface area contributed by atoms with E-state index in [9.17, 15) is 4.79 Å². The summed E-state index contributed by atoms with van der Waals surface area (Å²) < 4.78 is 4.86. The van der Waals surface area contributed by atoms with Crippen molar-refractivity contribution < 1.29 is 14.6 Å². The minimum absolute atomic E-state index is 0.131. The van der Waals surface area contributed by atoms with Gasteiger partial charge in [0, 0.05) is 0 Å². The average molecular weight is 190 g/mol. The van der Waals surface area contributed by atoms with Gasteiger partial charge >= 0.3 is 5.97 Å². The van der Waals surface area contributed by atoms with E-state index < -0.39 is 5.97 Å². The van der Waals surface area contributed by atoms with Gasteiger partial charge in [0.05, 0.1) is 17.8 Å². The van der Waals surface area contributed by atoms with Gasteiger partial charge in [-0.2, -0.15) is 0 Å². The van der Waals surface area contributed by atoms with Crippen LogP contribution in [0.15, 0.2) is 42.2 Å². The standard InChI is InChI=1S/C11H10O3/c12-6-9-10(7-14-11(9)13)8-4-2-1-3-5-8/h1-6,10,12H,7H2/b9-6+/t10-/m0/s1. The van der Waals surface area contributed by atoms with Crippen LogP contribution in [0.2, 0.25) is 0 Å². The Labute approximate surface area is 81.6 Å². The van der Waals surface area contributed by atoms with Crippen LogP contribution in [0.1, 0.15) is 11.5 Å². The summed E-state index contributed by atoms with van der Waals surface area (Å²) in [7, 11) is 0. The first-order valence-corrected chi connectivity index (χ1v) is 4.39. The van der Waals surface area contributed by atoms with E-state index in [0.29, 0.717) is 12.2 Å². The zero-order valence-electron chi connectivity index (χ0n) is 7.51. The van der Waals surface area contributed by atoms with Crippen LogP contribution in [-0.2, 0) is 9.53 Å². The summed E-state index contributed by atoms with van der Waals surface area (Å²) in [6, 6.07) is 9.52. The van der Waals surface area contributed by atoms with E-state index in [-0.39, 0.29) is 5.92 Å². The van der Waals surface area contributed by atoms with E-state index in [0.717, 1.165) is 11.8 Å². The van der Waals surface area contributed by atoms with Crippen molar-refractivity contribution in [2.24, 2.45) is 0 Å². The topological polar surface area (TPSA) is 46.5 Å². The molecule has 1 aromatic rings. The van der Waals surface area contributed by atoms with Gasteiger partial charge in [0.25, 0.3) is 0 Å². The van der Waals surface area contributed by atoms with Crippen molar-refractivity contribution in [2.45, 2.75) is 5.92 Å². The molecule has 1 heterocycles. The number of rotatable bonds is 1. The second kappa shape index (κ2) is 3.54. The number of carbonyl (C=O) groups is 1. The molecule has 1 atom stereocenters. The molecular formula is C11H10O3. The van der Waals surface area contributed by atoms with Crippen molar-refractivity contribution in [1.82, 2.24) is 0 Å². The Bertz CT molecular complexity index is 367. The van der Waals surface area contributed by atoms with Gasteiger partial charge in [-0.3, -0.25) is 0 Å². The van der Waals surface area contributed by atoms with E-state index in [4.69, 9.17) is 9.84 Å². The number of hydrogen-bond donors (Lipinski definition) is 1. The lowest BCUT2D eigenvalue weighted by atomic mass is 9.95. The van der Waals surface area contributed by atoms with E-state index in [1.165, 1.54) is 0 Å². The molecule has 0 radical (unpaired) electrons. The maximum Gasteiger partial charge on any atom is 0.337 e. The normalized spacial score (nSPS) is 23.9. The smallest absolute Gasteiger partial charge is 0.337 e. The maximum atomic E-state index is 11.1. The number of carbonyl (C=O) groups excluding carboxylic acids is 1. The minimum atomic E-state index is -0.429. The predicted molar refractivity (Wildman–Crippen MR) is 50.9 cm³/mol. The highest BCUT2D eigenvalue weighted by Gasteiger charge is 2.31. The quantitative estimate of drug-likeness (QED) is 0.417. The lowest BCUT2D eigenvalue weighted by Crippen LogP contribution is -2.01. The monoisotopic (exact) mass is 190 g/mol. The fourth-order valence-corrected chi connectivity index (χ4v) is 1.58. The molecule has 0 unspecified atom stereocenters. The Morgan fingerprint density at radius 1 is 1.36 bits per heavy atom. The van der Waals surface area contributed by atoms with Gasteiger partial charge in [0.2, 0.25) is 0 Å². The van der Waals surface area contributed by atoms with E-state index in [2.05, 4.69) is 0 Å². The molecule has 0 bridgehead atoms. The lowest BCUT2D eigenvalue weighted by molar-refractivity contribution is -0.135. The van der Waals surface area contributed by atoms with Gasteiger partial charge in [-0.05, 0) is 5.56 Å². The number of ether oxygens (including phenoxy) is 1. The van der Waals surface area contributed by atoms with Gasteiger partial charge in [-0.1, -0.05) is 30.3 Å². The summed E-state index contributed by atoms with van der Waals surface area (Å²) in [6.45, 7) is 0.315.